The van der Waals surface area contributed by atoms with Gasteiger partial charge in [0.1, 0.15) is 6.54 Å². The predicted octanol–water partition coefficient (Wildman–Crippen LogP) is 2.03. The number of pyridine rings is 1. The molecular formula is C18H22N2O3. The monoisotopic (exact) mass is 314 g/mol. The Morgan fingerprint density at radius 1 is 1.30 bits per heavy atom. The highest BCUT2D eigenvalue weighted by molar-refractivity contribution is 5.82. The number of carbonyl (C=O) groups excluding carboxylic acids is 1. The van der Waals surface area contributed by atoms with Gasteiger partial charge in [0.15, 0.2) is 0 Å². The molecular weight excluding hydrogens is 292 g/mol. The molecule has 0 unspecified atom stereocenters. The summed E-state index contributed by atoms with van der Waals surface area (Å²) in [6, 6.07) is 9.29. The molecule has 3 rings (SSSR count). The topological polar surface area (TPSA) is 51.5 Å². The fourth-order valence-electron chi connectivity index (χ4n) is 2.98. The van der Waals surface area contributed by atoms with E-state index < -0.39 is 0 Å². The highest BCUT2D eigenvalue weighted by Gasteiger charge is 2.19. The van der Waals surface area contributed by atoms with Gasteiger partial charge in [0.05, 0.1) is 6.10 Å². The van der Waals surface area contributed by atoms with Gasteiger partial charge in [-0.05, 0) is 36.8 Å². The third kappa shape index (κ3) is 3.62. The number of hydrogen-bond donors (Lipinski definition) is 0. The standard InChI is InChI=1S/C18H22N2O3/c1-19(12-15-7-4-5-11-23-15)17(21)13-20-10-9-14-6-2-3-8-16(14)18(20)22/h2-3,6,8-10,15H,4-5,7,11-13H2,1H3/t15-/m1/s1. The Balaban J connectivity index is 1.69. The lowest BCUT2D eigenvalue weighted by atomic mass is 10.1. The molecule has 1 atom stereocenters. The number of rotatable bonds is 4. The van der Waals surface area contributed by atoms with E-state index in [9.17, 15) is 9.59 Å². The van der Waals surface area contributed by atoms with Crippen molar-refractivity contribution in [3.05, 3.63) is 46.9 Å². The second-order valence-electron chi connectivity index (χ2n) is 6.10. The van der Waals surface area contributed by atoms with Gasteiger partial charge in [0.25, 0.3) is 5.56 Å². The SMILES string of the molecule is CN(C[C@H]1CCCCO1)C(=O)Cn1ccc2ccccc2c1=O. The molecule has 2 heterocycles. The molecule has 1 aliphatic heterocycles. The molecule has 23 heavy (non-hydrogen) atoms. The summed E-state index contributed by atoms with van der Waals surface area (Å²) in [4.78, 5) is 26.5. The molecule has 0 bridgehead atoms. The van der Waals surface area contributed by atoms with Crippen LogP contribution in [0.15, 0.2) is 41.3 Å². The summed E-state index contributed by atoms with van der Waals surface area (Å²) in [5.41, 5.74) is -0.126. The lowest BCUT2D eigenvalue weighted by Gasteiger charge is -2.27. The van der Waals surface area contributed by atoms with Gasteiger partial charge in [-0.2, -0.15) is 0 Å². The largest absolute Gasteiger partial charge is 0.376 e. The number of ether oxygens (including phenoxy) is 1. The number of carbonyl (C=O) groups is 1. The van der Waals surface area contributed by atoms with Crippen LogP contribution < -0.4 is 5.56 Å². The quantitative estimate of drug-likeness (QED) is 0.867. The first kappa shape index (κ1) is 15.7. The number of amides is 1. The third-order valence-electron chi connectivity index (χ3n) is 4.37. The van der Waals surface area contributed by atoms with Crippen LogP contribution in [0, 0.1) is 0 Å². The van der Waals surface area contributed by atoms with Crippen LogP contribution in [0.4, 0.5) is 0 Å². The summed E-state index contributed by atoms with van der Waals surface area (Å²) in [6.07, 6.45) is 5.05. The van der Waals surface area contributed by atoms with Gasteiger partial charge in [-0.25, -0.2) is 0 Å². The minimum atomic E-state index is -0.126. The van der Waals surface area contributed by atoms with Crippen molar-refractivity contribution in [1.82, 2.24) is 9.47 Å². The van der Waals surface area contributed by atoms with E-state index in [1.807, 2.05) is 24.3 Å². The Morgan fingerprint density at radius 3 is 2.91 bits per heavy atom. The van der Waals surface area contributed by atoms with Crippen LogP contribution in [-0.4, -0.2) is 41.7 Å². The first-order valence-electron chi connectivity index (χ1n) is 8.09. The Kier molecular flexibility index (Phi) is 4.76. The van der Waals surface area contributed by atoms with Gasteiger partial charge in [-0.1, -0.05) is 18.2 Å². The molecule has 5 heteroatoms. The molecule has 1 aliphatic rings. The second-order valence-corrected chi connectivity index (χ2v) is 6.10. The highest BCUT2D eigenvalue weighted by Crippen LogP contribution is 2.13. The zero-order valence-electron chi connectivity index (χ0n) is 13.4. The van der Waals surface area contributed by atoms with Crippen molar-refractivity contribution in [3.63, 3.8) is 0 Å². The molecule has 0 radical (unpaired) electrons. The molecule has 1 saturated heterocycles. The molecule has 0 spiro atoms. The van der Waals surface area contributed by atoms with Crippen molar-refractivity contribution in [2.45, 2.75) is 31.9 Å². The first-order valence-corrected chi connectivity index (χ1v) is 8.09. The maximum absolute atomic E-state index is 12.4. The van der Waals surface area contributed by atoms with Gasteiger partial charge in [0, 0.05) is 31.8 Å². The Hall–Kier alpha value is -2.14. The summed E-state index contributed by atoms with van der Waals surface area (Å²) in [6.45, 7) is 1.42. The van der Waals surface area contributed by atoms with Crippen LogP contribution in [0.2, 0.25) is 0 Å². The van der Waals surface area contributed by atoms with E-state index in [1.165, 1.54) is 4.57 Å². The highest BCUT2D eigenvalue weighted by atomic mass is 16.5. The predicted molar refractivity (Wildman–Crippen MR) is 89.4 cm³/mol. The van der Waals surface area contributed by atoms with Gasteiger partial charge in [0.2, 0.25) is 5.91 Å². The van der Waals surface area contributed by atoms with Gasteiger partial charge >= 0.3 is 0 Å². The smallest absolute Gasteiger partial charge is 0.258 e. The van der Waals surface area contributed by atoms with Crippen LogP contribution in [0.3, 0.4) is 0 Å². The molecule has 0 aliphatic carbocycles. The Bertz CT molecular complexity index is 747. The van der Waals surface area contributed by atoms with Crippen LogP contribution in [0.25, 0.3) is 10.8 Å². The van der Waals surface area contributed by atoms with Crippen molar-refractivity contribution in [1.29, 1.82) is 0 Å². The zero-order valence-corrected chi connectivity index (χ0v) is 13.4. The van der Waals surface area contributed by atoms with E-state index in [0.717, 1.165) is 31.3 Å². The van der Waals surface area contributed by atoms with Crippen molar-refractivity contribution < 1.29 is 9.53 Å². The van der Waals surface area contributed by atoms with Gasteiger partial charge < -0.3 is 14.2 Å². The number of hydrogen-bond acceptors (Lipinski definition) is 3. The summed E-state index contributed by atoms with van der Waals surface area (Å²) < 4.78 is 7.14. The zero-order chi connectivity index (χ0) is 16.2. The fourth-order valence-corrected chi connectivity index (χ4v) is 2.98. The van der Waals surface area contributed by atoms with Crippen molar-refractivity contribution in [2.24, 2.45) is 0 Å². The summed E-state index contributed by atoms with van der Waals surface area (Å²) in [5.74, 6) is -0.0726. The minimum absolute atomic E-state index is 0.0624. The van der Waals surface area contributed by atoms with Crippen molar-refractivity contribution in [2.75, 3.05) is 20.2 Å². The van der Waals surface area contributed by atoms with Gasteiger partial charge in [-0.15, -0.1) is 0 Å². The Labute approximate surface area is 135 Å². The van der Waals surface area contributed by atoms with E-state index in [1.54, 1.807) is 24.2 Å². The number of fused-ring (bicyclic) bond motifs is 1. The van der Waals surface area contributed by atoms with Crippen LogP contribution in [-0.2, 0) is 16.1 Å². The summed E-state index contributed by atoms with van der Waals surface area (Å²) in [5, 5.41) is 1.53. The molecule has 1 aromatic heterocycles. The molecule has 5 nitrogen and oxygen atoms in total. The molecule has 2 aromatic rings. The Morgan fingerprint density at radius 2 is 2.13 bits per heavy atom. The number of benzene rings is 1. The van der Waals surface area contributed by atoms with E-state index in [4.69, 9.17) is 4.74 Å². The average molecular weight is 314 g/mol. The van der Waals surface area contributed by atoms with Gasteiger partial charge in [-0.3, -0.25) is 9.59 Å². The number of nitrogens with zero attached hydrogens (tertiary/aromatic N) is 2. The number of likely N-dealkylation sites (N-methyl/N-ethyl adjacent to an activating group) is 1. The number of aromatic nitrogens is 1. The van der Waals surface area contributed by atoms with E-state index >= 15 is 0 Å². The van der Waals surface area contributed by atoms with E-state index in [-0.39, 0.29) is 24.1 Å². The fraction of sp³-hybridized carbons (Fsp3) is 0.444. The lowest BCUT2D eigenvalue weighted by molar-refractivity contribution is -0.133. The maximum atomic E-state index is 12.4. The van der Waals surface area contributed by atoms with Crippen LogP contribution in [0.5, 0.6) is 0 Å². The molecule has 122 valence electrons. The second kappa shape index (κ2) is 6.96. The molecule has 0 N–H and O–H groups in total. The molecule has 1 fully saturated rings. The average Bonchev–Trinajstić information content (AvgIpc) is 2.58. The first-order chi connectivity index (χ1) is 11.1. The summed E-state index contributed by atoms with van der Waals surface area (Å²) >= 11 is 0. The van der Waals surface area contributed by atoms with Crippen molar-refractivity contribution in [3.8, 4) is 0 Å². The third-order valence-corrected chi connectivity index (χ3v) is 4.37. The normalized spacial score (nSPS) is 18.0. The van der Waals surface area contributed by atoms with Crippen LogP contribution in [0.1, 0.15) is 19.3 Å². The molecule has 0 saturated carbocycles. The summed E-state index contributed by atoms with van der Waals surface area (Å²) in [7, 11) is 1.77. The molecule has 1 aromatic carbocycles. The van der Waals surface area contributed by atoms with E-state index in [0.29, 0.717) is 11.9 Å². The minimum Gasteiger partial charge on any atom is -0.376 e. The maximum Gasteiger partial charge on any atom is 0.258 e. The van der Waals surface area contributed by atoms with E-state index in [2.05, 4.69) is 0 Å². The molecule has 1 amide bonds. The van der Waals surface area contributed by atoms with Crippen LogP contribution >= 0.6 is 0 Å². The van der Waals surface area contributed by atoms with Crippen molar-refractivity contribution >= 4 is 16.7 Å². The lowest BCUT2D eigenvalue weighted by Crippen LogP contribution is -2.40.